The molecule has 2 rings (SSSR count). The summed E-state index contributed by atoms with van der Waals surface area (Å²) < 4.78 is 5.03. The van der Waals surface area contributed by atoms with E-state index in [-0.39, 0.29) is 29.9 Å². The summed E-state index contributed by atoms with van der Waals surface area (Å²) in [5.41, 5.74) is 1.92. The van der Waals surface area contributed by atoms with Gasteiger partial charge in [0.25, 0.3) is 0 Å². The molecule has 2 aromatic rings. The summed E-state index contributed by atoms with van der Waals surface area (Å²) in [6.07, 6.45) is 0. The van der Waals surface area contributed by atoms with E-state index in [2.05, 4.69) is 10.6 Å². The molecule has 0 bridgehead atoms. The highest BCUT2D eigenvalue weighted by molar-refractivity contribution is 6.30. The van der Waals surface area contributed by atoms with Crippen molar-refractivity contribution in [3.8, 4) is 5.75 Å². The third kappa shape index (κ3) is 4.93. The van der Waals surface area contributed by atoms with Crippen molar-refractivity contribution in [3.63, 3.8) is 0 Å². The van der Waals surface area contributed by atoms with E-state index >= 15 is 0 Å². The molecule has 1 amide bonds. The van der Waals surface area contributed by atoms with Crippen LogP contribution in [0.25, 0.3) is 0 Å². The number of nitrogens with one attached hydrogen (secondary N) is 2. The van der Waals surface area contributed by atoms with Gasteiger partial charge in [0.2, 0.25) is 5.91 Å². The fourth-order valence-corrected chi connectivity index (χ4v) is 2.55. The van der Waals surface area contributed by atoms with Gasteiger partial charge in [0.1, 0.15) is 0 Å². The molecular weight excluding hydrogens is 358 g/mol. The molecule has 0 radical (unpaired) electrons. The third-order valence-electron chi connectivity index (χ3n) is 3.94. The Hall–Kier alpha value is -2.64. The van der Waals surface area contributed by atoms with E-state index in [9.17, 15) is 14.9 Å². The smallest absolute Gasteiger partial charge is 0.311 e. The molecule has 0 aliphatic carbocycles. The van der Waals surface area contributed by atoms with Gasteiger partial charge in [-0.1, -0.05) is 23.7 Å². The van der Waals surface area contributed by atoms with Crippen molar-refractivity contribution >= 4 is 28.9 Å². The molecule has 0 aromatic heterocycles. The summed E-state index contributed by atoms with van der Waals surface area (Å²) in [5.74, 6) is -0.164. The van der Waals surface area contributed by atoms with E-state index in [1.54, 1.807) is 19.1 Å². The molecule has 26 heavy (non-hydrogen) atoms. The number of aryl methyl sites for hydroxylation is 1. The molecule has 0 aliphatic rings. The average Bonchev–Trinajstić information content (AvgIpc) is 2.61. The van der Waals surface area contributed by atoms with Gasteiger partial charge in [-0.25, -0.2) is 0 Å². The largest absolute Gasteiger partial charge is 0.490 e. The lowest BCUT2D eigenvalue weighted by Crippen LogP contribution is -2.30. The molecule has 2 N–H and O–H groups in total. The normalized spacial score (nSPS) is 11.7. The molecule has 1 atom stereocenters. The molecule has 138 valence electrons. The Bertz CT molecular complexity index is 809. The van der Waals surface area contributed by atoms with Gasteiger partial charge in [-0.3, -0.25) is 14.9 Å². The number of carbonyl (C=O) groups excluding carboxylic acids is 1. The van der Waals surface area contributed by atoms with E-state index in [1.807, 2.05) is 19.1 Å². The van der Waals surface area contributed by atoms with Gasteiger partial charge in [-0.2, -0.15) is 0 Å². The van der Waals surface area contributed by atoms with Crippen LogP contribution in [0.2, 0.25) is 5.02 Å². The zero-order valence-corrected chi connectivity index (χ0v) is 15.5. The van der Waals surface area contributed by atoms with Crippen molar-refractivity contribution in [2.24, 2.45) is 0 Å². The fraction of sp³-hybridized carbons (Fsp3) is 0.278. The lowest BCUT2D eigenvalue weighted by atomic mass is 10.1. The van der Waals surface area contributed by atoms with Crippen LogP contribution in [0.15, 0.2) is 36.4 Å². The number of ether oxygens (including phenoxy) is 1. The summed E-state index contributed by atoms with van der Waals surface area (Å²) in [6.45, 7) is 3.71. The summed E-state index contributed by atoms with van der Waals surface area (Å²) in [7, 11) is 1.35. The Kier molecular flexibility index (Phi) is 6.54. The molecule has 0 saturated carbocycles. The van der Waals surface area contributed by atoms with Gasteiger partial charge in [-0.15, -0.1) is 0 Å². The maximum atomic E-state index is 12.2. The molecule has 0 spiro atoms. The minimum Gasteiger partial charge on any atom is -0.490 e. The number of nitro groups is 1. The average molecular weight is 378 g/mol. The predicted molar refractivity (Wildman–Crippen MR) is 101 cm³/mol. The fourth-order valence-electron chi connectivity index (χ4n) is 2.42. The molecule has 0 saturated heterocycles. The van der Waals surface area contributed by atoms with Gasteiger partial charge in [0, 0.05) is 28.9 Å². The van der Waals surface area contributed by atoms with Crippen LogP contribution in [0.4, 0.5) is 11.4 Å². The summed E-state index contributed by atoms with van der Waals surface area (Å²) in [5, 5.41) is 17.5. The quantitative estimate of drug-likeness (QED) is 0.564. The van der Waals surface area contributed by atoms with Gasteiger partial charge >= 0.3 is 5.69 Å². The highest BCUT2D eigenvalue weighted by atomic mass is 35.5. The van der Waals surface area contributed by atoms with Crippen LogP contribution in [0.3, 0.4) is 0 Å². The van der Waals surface area contributed by atoms with E-state index < -0.39 is 4.92 Å². The van der Waals surface area contributed by atoms with Crippen LogP contribution < -0.4 is 15.4 Å². The van der Waals surface area contributed by atoms with E-state index in [1.165, 1.54) is 19.2 Å². The van der Waals surface area contributed by atoms with Gasteiger partial charge in [0.15, 0.2) is 5.75 Å². The Morgan fingerprint density at radius 3 is 2.54 bits per heavy atom. The van der Waals surface area contributed by atoms with Crippen LogP contribution in [0.5, 0.6) is 5.75 Å². The molecule has 7 nitrogen and oxygen atoms in total. The first-order valence-electron chi connectivity index (χ1n) is 7.93. The molecule has 0 unspecified atom stereocenters. The third-order valence-corrected chi connectivity index (χ3v) is 4.19. The standard InChI is InChI=1S/C18H20ClN3O4/c1-11-8-16(22(24)25)17(26-3)9-15(11)21-18(23)10-20-12(2)13-4-6-14(19)7-5-13/h4-9,12,20H,10H2,1-3H3,(H,21,23)/t12-/m1/s1. The number of rotatable bonds is 7. The van der Waals surface area contributed by atoms with Crippen molar-refractivity contribution in [2.75, 3.05) is 19.0 Å². The van der Waals surface area contributed by atoms with Gasteiger partial charge < -0.3 is 15.4 Å². The molecular formula is C18H20ClN3O4. The first kappa shape index (κ1) is 19.7. The van der Waals surface area contributed by atoms with Crippen molar-refractivity contribution in [3.05, 3.63) is 62.7 Å². The first-order chi connectivity index (χ1) is 12.3. The number of methoxy groups -OCH3 is 1. The Labute approximate surface area is 156 Å². The second-order valence-corrected chi connectivity index (χ2v) is 6.23. The van der Waals surface area contributed by atoms with Crippen molar-refractivity contribution in [1.29, 1.82) is 0 Å². The number of hydrogen-bond acceptors (Lipinski definition) is 5. The minimum atomic E-state index is -0.521. The molecule has 8 heteroatoms. The number of hydrogen-bond donors (Lipinski definition) is 2. The highest BCUT2D eigenvalue weighted by Crippen LogP contribution is 2.32. The Morgan fingerprint density at radius 1 is 1.31 bits per heavy atom. The zero-order valence-electron chi connectivity index (χ0n) is 14.7. The Balaban J connectivity index is 2.01. The topological polar surface area (TPSA) is 93.5 Å². The van der Waals surface area contributed by atoms with Crippen LogP contribution >= 0.6 is 11.6 Å². The maximum absolute atomic E-state index is 12.2. The summed E-state index contributed by atoms with van der Waals surface area (Å²) >= 11 is 5.87. The first-order valence-corrected chi connectivity index (χ1v) is 8.31. The second kappa shape index (κ2) is 8.64. The minimum absolute atomic E-state index is 0.0366. The molecule has 0 fully saturated rings. The number of anilines is 1. The van der Waals surface area contributed by atoms with Crippen LogP contribution in [0, 0.1) is 17.0 Å². The maximum Gasteiger partial charge on any atom is 0.311 e. The number of nitro benzene ring substituents is 1. The van der Waals surface area contributed by atoms with Gasteiger partial charge in [-0.05, 0) is 37.1 Å². The number of amides is 1. The SMILES string of the molecule is COc1cc(NC(=O)CN[C@H](C)c2ccc(Cl)cc2)c(C)cc1[N+](=O)[O-]. The van der Waals surface area contributed by atoms with Crippen molar-refractivity contribution in [1.82, 2.24) is 5.32 Å². The lowest BCUT2D eigenvalue weighted by molar-refractivity contribution is -0.385. The number of nitrogens with zero attached hydrogens (tertiary/aromatic N) is 1. The zero-order chi connectivity index (χ0) is 19.3. The highest BCUT2D eigenvalue weighted by Gasteiger charge is 2.18. The van der Waals surface area contributed by atoms with Crippen LogP contribution in [0.1, 0.15) is 24.1 Å². The number of halogens is 1. The molecule has 0 heterocycles. The molecule has 0 aliphatic heterocycles. The van der Waals surface area contributed by atoms with E-state index in [0.717, 1.165) is 5.56 Å². The lowest BCUT2D eigenvalue weighted by Gasteiger charge is -2.15. The van der Waals surface area contributed by atoms with Gasteiger partial charge in [0.05, 0.1) is 18.6 Å². The van der Waals surface area contributed by atoms with E-state index in [0.29, 0.717) is 16.3 Å². The number of carbonyl (C=O) groups is 1. The van der Waals surface area contributed by atoms with Crippen LogP contribution in [-0.4, -0.2) is 24.5 Å². The monoisotopic (exact) mass is 377 g/mol. The summed E-state index contributed by atoms with van der Waals surface area (Å²) in [4.78, 5) is 22.7. The Morgan fingerprint density at radius 2 is 1.96 bits per heavy atom. The molecule has 2 aromatic carbocycles. The summed E-state index contributed by atoms with van der Waals surface area (Å²) in [6, 6.07) is 10.2. The predicted octanol–water partition coefficient (Wildman–Crippen LogP) is 3.85. The van der Waals surface area contributed by atoms with Crippen LogP contribution in [-0.2, 0) is 4.79 Å². The number of benzene rings is 2. The van der Waals surface area contributed by atoms with E-state index in [4.69, 9.17) is 16.3 Å². The van der Waals surface area contributed by atoms with Crippen molar-refractivity contribution in [2.45, 2.75) is 19.9 Å². The second-order valence-electron chi connectivity index (χ2n) is 5.80. The van der Waals surface area contributed by atoms with Crippen molar-refractivity contribution < 1.29 is 14.5 Å².